The number of nitriles is 2. The molecule has 23 heavy (non-hydrogen) atoms. The van der Waals surface area contributed by atoms with Crippen molar-refractivity contribution in [3.8, 4) is 12.1 Å². The van der Waals surface area contributed by atoms with E-state index in [1.807, 2.05) is 25.1 Å². The number of benzene rings is 2. The minimum absolute atomic E-state index is 0.273. The number of H-pyrrole nitrogens is 1. The van der Waals surface area contributed by atoms with Gasteiger partial charge in [0, 0.05) is 16.5 Å². The van der Waals surface area contributed by atoms with Crippen LogP contribution in [0.2, 0.25) is 0 Å². The Morgan fingerprint density at radius 2 is 2.00 bits per heavy atom. The van der Waals surface area contributed by atoms with Crippen LogP contribution in [-0.4, -0.2) is 4.98 Å². The average Bonchev–Trinajstić information content (AvgIpc) is 2.99. The fourth-order valence-corrected chi connectivity index (χ4v) is 3.15. The van der Waals surface area contributed by atoms with Crippen LogP contribution in [0.15, 0.2) is 41.4 Å². The van der Waals surface area contributed by atoms with Crippen molar-refractivity contribution in [2.24, 2.45) is 0 Å². The molecule has 4 nitrogen and oxygen atoms in total. The molecular formula is C17H11FN4S. The molecule has 0 saturated heterocycles. The summed E-state index contributed by atoms with van der Waals surface area (Å²) in [5, 5.41) is 18.9. The minimum Gasteiger partial charge on any atom is -0.358 e. The first-order chi connectivity index (χ1) is 11.1. The van der Waals surface area contributed by atoms with Crippen molar-refractivity contribution in [1.82, 2.24) is 4.98 Å². The van der Waals surface area contributed by atoms with Gasteiger partial charge >= 0.3 is 0 Å². The molecular weight excluding hydrogens is 311 g/mol. The average molecular weight is 322 g/mol. The monoisotopic (exact) mass is 322 g/mol. The molecule has 0 fully saturated rings. The van der Waals surface area contributed by atoms with Crippen LogP contribution in [0, 0.1) is 35.4 Å². The van der Waals surface area contributed by atoms with E-state index in [0.717, 1.165) is 22.2 Å². The number of aryl methyl sites for hydroxylation is 1. The standard InChI is InChI=1S/C17H11FN4S/c1-10-2-3-15(17-16(10)12(8-20)9-21-17)22-23-14-5-11(7-19)4-13(18)6-14/h2-6,9,21-22H,1H3. The van der Waals surface area contributed by atoms with Crippen molar-refractivity contribution < 1.29 is 4.39 Å². The van der Waals surface area contributed by atoms with Crippen molar-refractivity contribution >= 4 is 28.5 Å². The van der Waals surface area contributed by atoms with Crippen LogP contribution in [0.25, 0.3) is 10.9 Å². The molecule has 0 unspecified atom stereocenters. The first-order valence-corrected chi connectivity index (χ1v) is 7.58. The molecule has 3 rings (SSSR count). The van der Waals surface area contributed by atoms with Gasteiger partial charge in [-0.3, -0.25) is 0 Å². The molecule has 0 atom stereocenters. The third kappa shape index (κ3) is 2.85. The summed E-state index contributed by atoms with van der Waals surface area (Å²) in [5.41, 5.74) is 3.48. The van der Waals surface area contributed by atoms with E-state index in [4.69, 9.17) is 10.5 Å². The Hall–Kier alpha value is -2.96. The van der Waals surface area contributed by atoms with Gasteiger partial charge in [0.15, 0.2) is 0 Å². The summed E-state index contributed by atoms with van der Waals surface area (Å²) >= 11 is 1.21. The number of aromatic nitrogens is 1. The van der Waals surface area contributed by atoms with Gasteiger partial charge in [-0.2, -0.15) is 10.5 Å². The normalized spacial score (nSPS) is 10.3. The summed E-state index contributed by atoms with van der Waals surface area (Å²) in [6.07, 6.45) is 1.67. The number of halogens is 1. The molecule has 2 aromatic carbocycles. The van der Waals surface area contributed by atoms with Crippen LogP contribution in [0.4, 0.5) is 10.1 Å². The number of hydrogen-bond donors (Lipinski definition) is 2. The van der Waals surface area contributed by atoms with E-state index >= 15 is 0 Å². The highest BCUT2D eigenvalue weighted by atomic mass is 32.2. The predicted molar refractivity (Wildman–Crippen MR) is 88.3 cm³/mol. The molecule has 1 heterocycles. The molecule has 0 amide bonds. The van der Waals surface area contributed by atoms with Gasteiger partial charge in [0.25, 0.3) is 0 Å². The zero-order chi connectivity index (χ0) is 16.4. The maximum absolute atomic E-state index is 13.5. The number of nitrogens with one attached hydrogen (secondary N) is 2. The van der Waals surface area contributed by atoms with E-state index in [1.54, 1.807) is 12.3 Å². The molecule has 6 heteroatoms. The molecule has 0 saturated carbocycles. The van der Waals surface area contributed by atoms with Gasteiger partial charge in [0.05, 0.1) is 28.4 Å². The first kappa shape index (κ1) is 15.0. The van der Waals surface area contributed by atoms with Crippen LogP contribution in [0.3, 0.4) is 0 Å². The highest BCUT2D eigenvalue weighted by molar-refractivity contribution is 8.00. The summed E-state index contributed by atoms with van der Waals surface area (Å²) in [4.78, 5) is 3.69. The largest absolute Gasteiger partial charge is 0.358 e. The summed E-state index contributed by atoms with van der Waals surface area (Å²) in [7, 11) is 0. The number of hydrogen-bond acceptors (Lipinski definition) is 4. The quantitative estimate of drug-likeness (QED) is 0.697. The number of rotatable bonds is 3. The Balaban J connectivity index is 1.93. The smallest absolute Gasteiger partial charge is 0.125 e. The molecule has 0 spiro atoms. The Labute approximate surface area is 136 Å². The molecule has 2 N–H and O–H groups in total. The molecule has 0 aliphatic carbocycles. The molecule has 0 aliphatic rings. The lowest BCUT2D eigenvalue weighted by atomic mass is 10.1. The fraction of sp³-hybridized carbons (Fsp3) is 0.0588. The Bertz CT molecular complexity index is 979. The highest BCUT2D eigenvalue weighted by Crippen LogP contribution is 2.31. The number of aromatic amines is 1. The van der Waals surface area contributed by atoms with E-state index < -0.39 is 5.82 Å². The predicted octanol–water partition coefficient (Wildman–Crippen LogP) is 4.48. The van der Waals surface area contributed by atoms with Gasteiger partial charge in [-0.15, -0.1) is 0 Å². The van der Waals surface area contributed by atoms with E-state index in [0.29, 0.717) is 10.5 Å². The second-order valence-electron chi connectivity index (χ2n) is 4.99. The molecule has 112 valence electrons. The van der Waals surface area contributed by atoms with Gasteiger partial charge < -0.3 is 9.71 Å². The van der Waals surface area contributed by atoms with E-state index in [1.165, 1.54) is 24.1 Å². The third-order valence-corrected chi connectivity index (χ3v) is 4.24. The third-order valence-electron chi connectivity index (χ3n) is 3.44. The molecule has 1 aromatic heterocycles. The van der Waals surface area contributed by atoms with Crippen molar-refractivity contribution in [3.63, 3.8) is 0 Å². The van der Waals surface area contributed by atoms with Gasteiger partial charge in [-0.1, -0.05) is 6.07 Å². The SMILES string of the molecule is Cc1ccc(NSc2cc(F)cc(C#N)c2)c2[nH]cc(C#N)c12. The molecule has 0 aliphatic heterocycles. The maximum Gasteiger partial charge on any atom is 0.125 e. The lowest BCUT2D eigenvalue weighted by Crippen LogP contribution is -1.91. The van der Waals surface area contributed by atoms with Crippen molar-refractivity contribution in [2.75, 3.05) is 4.72 Å². The summed E-state index contributed by atoms with van der Waals surface area (Å²) in [6.45, 7) is 1.94. The van der Waals surface area contributed by atoms with Crippen molar-refractivity contribution in [2.45, 2.75) is 11.8 Å². The number of fused-ring (bicyclic) bond motifs is 1. The molecule has 0 bridgehead atoms. The second-order valence-corrected chi connectivity index (χ2v) is 5.87. The summed E-state index contributed by atoms with van der Waals surface area (Å²) in [6, 6.07) is 12.1. The Morgan fingerprint density at radius 3 is 2.74 bits per heavy atom. The molecule has 3 aromatic rings. The van der Waals surface area contributed by atoms with Crippen LogP contribution in [-0.2, 0) is 0 Å². The van der Waals surface area contributed by atoms with Crippen LogP contribution < -0.4 is 4.72 Å². The minimum atomic E-state index is -0.450. The zero-order valence-corrected chi connectivity index (χ0v) is 13.0. The van der Waals surface area contributed by atoms with E-state index in [-0.39, 0.29) is 5.56 Å². The Kier molecular flexibility index (Phi) is 3.92. The van der Waals surface area contributed by atoms with Crippen LogP contribution >= 0.6 is 11.9 Å². The second kappa shape index (κ2) is 6.04. The van der Waals surface area contributed by atoms with E-state index in [9.17, 15) is 4.39 Å². The van der Waals surface area contributed by atoms with Gasteiger partial charge in [0.2, 0.25) is 0 Å². The lowest BCUT2D eigenvalue weighted by Gasteiger charge is -2.08. The summed E-state index contributed by atoms with van der Waals surface area (Å²) < 4.78 is 16.6. The Morgan fingerprint density at radius 1 is 1.17 bits per heavy atom. The van der Waals surface area contributed by atoms with Crippen LogP contribution in [0.5, 0.6) is 0 Å². The van der Waals surface area contributed by atoms with Crippen molar-refractivity contribution in [1.29, 1.82) is 10.5 Å². The van der Waals surface area contributed by atoms with Crippen LogP contribution in [0.1, 0.15) is 16.7 Å². The number of anilines is 1. The zero-order valence-electron chi connectivity index (χ0n) is 12.1. The van der Waals surface area contributed by atoms with Gasteiger partial charge in [-0.05, 0) is 48.7 Å². The van der Waals surface area contributed by atoms with Gasteiger partial charge in [0.1, 0.15) is 11.9 Å². The molecule has 0 radical (unpaired) electrons. The fourth-order valence-electron chi connectivity index (χ4n) is 2.39. The lowest BCUT2D eigenvalue weighted by molar-refractivity contribution is 0.623. The first-order valence-electron chi connectivity index (χ1n) is 6.76. The van der Waals surface area contributed by atoms with Gasteiger partial charge in [-0.25, -0.2) is 4.39 Å². The maximum atomic E-state index is 13.5. The summed E-state index contributed by atoms with van der Waals surface area (Å²) in [5.74, 6) is -0.450. The number of nitrogens with zero attached hydrogens (tertiary/aromatic N) is 2. The topological polar surface area (TPSA) is 75.4 Å². The van der Waals surface area contributed by atoms with E-state index in [2.05, 4.69) is 15.8 Å². The highest BCUT2D eigenvalue weighted by Gasteiger charge is 2.10. The van der Waals surface area contributed by atoms with Crippen molar-refractivity contribution in [3.05, 3.63) is 59.0 Å².